The molecule has 0 spiro atoms. The van der Waals surface area contributed by atoms with Gasteiger partial charge in [0.05, 0.1) is 0 Å². The first-order valence-electron chi connectivity index (χ1n) is 5.65. The zero-order valence-corrected chi connectivity index (χ0v) is 11.3. The first kappa shape index (κ1) is 13.9. The molecule has 5 nitrogen and oxygen atoms in total. The third kappa shape index (κ3) is 4.01. The van der Waals surface area contributed by atoms with Crippen molar-refractivity contribution in [3.8, 4) is 0 Å². The minimum Gasteiger partial charge on any atom is -0.326 e. The highest BCUT2D eigenvalue weighted by Gasteiger charge is 2.32. The predicted molar refractivity (Wildman–Crippen MR) is 65.1 cm³/mol. The van der Waals surface area contributed by atoms with Crippen LogP contribution in [0.1, 0.15) is 34.1 Å². The van der Waals surface area contributed by atoms with Gasteiger partial charge in [0, 0.05) is 24.7 Å². The van der Waals surface area contributed by atoms with Crippen LogP contribution >= 0.6 is 0 Å². The molecule has 1 heterocycles. The maximum Gasteiger partial charge on any atom is 0.279 e. The Bertz CT molecular complexity index is 324. The van der Waals surface area contributed by atoms with Crippen molar-refractivity contribution in [2.75, 3.05) is 13.1 Å². The second kappa shape index (κ2) is 4.60. The smallest absolute Gasteiger partial charge is 0.279 e. The summed E-state index contributed by atoms with van der Waals surface area (Å²) in [6, 6.07) is -0.0553. The summed E-state index contributed by atoms with van der Waals surface area (Å²) in [4.78, 5) is 0. The van der Waals surface area contributed by atoms with Gasteiger partial charge in [-0.05, 0) is 33.1 Å². The summed E-state index contributed by atoms with van der Waals surface area (Å²) >= 11 is 0. The molecule has 0 aromatic heterocycles. The number of piperidine rings is 1. The molecule has 1 rings (SSSR count). The Labute approximate surface area is 98.6 Å². The van der Waals surface area contributed by atoms with Gasteiger partial charge < -0.3 is 5.73 Å². The highest BCUT2D eigenvalue weighted by Crippen LogP contribution is 2.18. The molecule has 0 radical (unpaired) electrons. The fraction of sp³-hybridized carbons (Fsp3) is 1.00. The molecule has 0 amide bonds. The highest BCUT2D eigenvalue weighted by molar-refractivity contribution is 7.87. The van der Waals surface area contributed by atoms with E-state index in [9.17, 15) is 8.42 Å². The maximum absolute atomic E-state index is 12.1. The lowest BCUT2D eigenvalue weighted by atomic mass is 9.99. The van der Waals surface area contributed by atoms with Crippen LogP contribution in [-0.2, 0) is 10.2 Å². The molecule has 16 heavy (non-hydrogen) atoms. The van der Waals surface area contributed by atoms with E-state index in [0.717, 1.165) is 6.42 Å². The van der Waals surface area contributed by atoms with Gasteiger partial charge in [-0.15, -0.1) is 0 Å². The third-order valence-electron chi connectivity index (χ3n) is 2.43. The van der Waals surface area contributed by atoms with Crippen LogP contribution in [0.5, 0.6) is 0 Å². The second-order valence-electron chi connectivity index (χ2n) is 5.78. The van der Waals surface area contributed by atoms with E-state index in [0.29, 0.717) is 19.0 Å². The van der Waals surface area contributed by atoms with Gasteiger partial charge in [0.1, 0.15) is 0 Å². The highest BCUT2D eigenvalue weighted by atomic mass is 32.2. The molecular weight excluding hydrogens is 226 g/mol. The standard InChI is InChI=1S/C10H23N3O2S/c1-8-5-9(11)7-13(6-8)16(14,15)12-10(2,3)4/h8-9,12H,5-7,11H2,1-4H3. The Kier molecular flexibility index (Phi) is 3.99. The summed E-state index contributed by atoms with van der Waals surface area (Å²) in [5, 5.41) is 0. The molecule has 1 aliphatic rings. The molecule has 1 fully saturated rings. The van der Waals surface area contributed by atoms with Crippen molar-refractivity contribution >= 4 is 10.2 Å². The number of nitrogens with one attached hydrogen (secondary N) is 1. The minimum absolute atomic E-state index is 0.0553. The van der Waals surface area contributed by atoms with Crippen LogP contribution in [0, 0.1) is 5.92 Å². The number of nitrogens with two attached hydrogens (primary N) is 1. The number of nitrogens with zero attached hydrogens (tertiary/aromatic N) is 1. The number of hydrogen-bond donors (Lipinski definition) is 2. The Hall–Kier alpha value is -0.170. The summed E-state index contributed by atoms with van der Waals surface area (Å²) in [6.07, 6.45) is 0.890. The van der Waals surface area contributed by atoms with E-state index >= 15 is 0 Å². The molecule has 0 aliphatic carbocycles. The largest absolute Gasteiger partial charge is 0.326 e. The Balaban J connectivity index is 2.76. The lowest BCUT2D eigenvalue weighted by molar-refractivity contribution is 0.249. The van der Waals surface area contributed by atoms with Crippen LogP contribution in [0.2, 0.25) is 0 Å². The first-order valence-corrected chi connectivity index (χ1v) is 7.09. The summed E-state index contributed by atoms with van der Waals surface area (Å²) in [6.45, 7) is 8.49. The summed E-state index contributed by atoms with van der Waals surface area (Å²) in [5.74, 6) is 0.320. The lowest BCUT2D eigenvalue weighted by Crippen LogP contribution is -2.55. The molecule has 6 heteroatoms. The molecule has 1 saturated heterocycles. The van der Waals surface area contributed by atoms with Gasteiger partial charge >= 0.3 is 0 Å². The van der Waals surface area contributed by atoms with Crippen LogP contribution in [0.15, 0.2) is 0 Å². The summed E-state index contributed by atoms with van der Waals surface area (Å²) < 4.78 is 28.2. The van der Waals surface area contributed by atoms with Crippen molar-refractivity contribution in [2.45, 2.75) is 45.7 Å². The average Bonchev–Trinajstić information content (AvgIpc) is 1.96. The van der Waals surface area contributed by atoms with Gasteiger partial charge in [0.15, 0.2) is 0 Å². The first-order chi connectivity index (χ1) is 7.10. The van der Waals surface area contributed by atoms with E-state index in [2.05, 4.69) is 4.72 Å². The minimum atomic E-state index is -3.40. The molecule has 0 aromatic rings. The molecule has 96 valence electrons. The lowest BCUT2D eigenvalue weighted by Gasteiger charge is -2.35. The van der Waals surface area contributed by atoms with Crippen LogP contribution < -0.4 is 10.5 Å². The molecule has 0 saturated carbocycles. The van der Waals surface area contributed by atoms with Gasteiger partial charge in [0.2, 0.25) is 0 Å². The van der Waals surface area contributed by atoms with E-state index < -0.39 is 15.7 Å². The SMILES string of the molecule is CC1CC(N)CN(S(=O)(=O)NC(C)(C)C)C1. The Morgan fingerprint density at radius 3 is 2.31 bits per heavy atom. The maximum atomic E-state index is 12.1. The van der Waals surface area contributed by atoms with Crippen molar-refractivity contribution in [2.24, 2.45) is 11.7 Å². The normalized spacial score (nSPS) is 29.3. The van der Waals surface area contributed by atoms with Crippen LogP contribution in [0.3, 0.4) is 0 Å². The summed E-state index contributed by atoms with van der Waals surface area (Å²) in [5.41, 5.74) is 5.39. The second-order valence-corrected chi connectivity index (χ2v) is 7.45. The third-order valence-corrected chi connectivity index (χ3v) is 4.28. The molecule has 2 atom stereocenters. The number of rotatable bonds is 2. The van der Waals surface area contributed by atoms with Gasteiger partial charge in [-0.3, -0.25) is 0 Å². The van der Waals surface area contributed by atoms with Crippen LogP contribution in [0.4, 0.5) is 0 Å². The van der Waals surface area contributed by atoms with Gasteiger partial charge in [-0.1, -0.05) is 6.92 Å². The Morgan fingerprint density at radius 2 is 1.88 bits per heavy atom. The zero-order chi connectivity index (χ0) is 12.6. The summed E-state index contributed by atoms with van der Waals surface area (Å²) in [7, 11) is -3.40. The van der Waals surface area contributed by atoms with Crippen molar-refractivity contribution in [3.05, 3.63) is 0 Å². The Morgan fingerprint density at radius 1 is 1.31 bits per heavy atom. The molecule has 3 N–H and O–H groups in total. The van der Waals surface area contributed by atoms with E-state index in [1.165, 1.54) is 4.31 Å². The zero-order valence-electron chi connectivity index (χ0n) is 10.5. The van der Waals surface area contributed by atoms with Gasteiger partial charge in [-0.25, -0.2) is 0 Å². The van der Waals surface area contributed by atoms with E-state index in [4.69, 9.17) is 5.73 Å². The monoisotopic (exact) mass is 249 g/mol. The van der Waals surface area contributed by atoms with E-state index in [1.54, 1.807) is 0 Å². The molecule has 1 aliphatic heterocycles. The molecule has 0 bridgehead atoms. The van der Waals surface area contributed by atoms with Gasteiger partial charge in [-0.2, -0.15) is 17.4 Å². The molecular formula is C10H23N3O2S. The fourth-order valence-corrected chi connectivity index (χ4v) is 3.74. The van der Waals surface area contributed by atoms with Crippen molar-refractivity contribution in [1.82, 2.24) is 9.03 Å². The fourth-order valence-electron chi connectivity index (χ4n) is 2.00. The van der Waals surface area contributed by atoms with Crippen molar-refractivity contribution in [3.63, 3.8) is 0 Å². The van der Waals surface area contributed by atoms with E-state index in [1.807, 2.05) is 27.7 Å². The van der Waals surface area contributed by atoms with Crippen LogP contribution in [-0.4, -0.2) is 37.4 Å². The van der Waals surface area contributed by atoms with Crippen LogP contribution in [0.25, 0.3) is 0 Å². The van der Waals surface area contributed by atoms with Crippen molar-refractivity contribution < 1.29 is 8.42 Å². The van der Waals surface area contributed by atoms with Gasteiger partial charge in [0.25, 0.3) is 10.2 Å². The predicted octanol–water partition coefficient (Wildman–Crippen LogP) is 0.288. The quantitative estimate of drug-likeness (QED) is 0.738. The number of hydrogen-bond acceptors (Lipinski definition) is 3. The topological polar surface area (TPSA) is 75.4 Å². The van der Waals surface area contributed by atoms with Crippen molar-refractivity contribution in [1.29, 1.82) is 0 Å². The average molecular weight is 249 g/mol. The molecule has 2 unspecified atom stereocenters. The van der Waals surface area contributed by atoms with E-state index in [-0.39, 0.29) is 6.04 Å². The molecule has 0 aromatic carbocycles.